The highest BCUT2D eigenvalue weighted by Crippen LogP contribution is 2.14. The lowest BCUT2D eigenvalue weighted by Gasteiger charge is -2.23. The quantitative estimate of drug-likeness (QED) is 0.213. The van der Waals surface area contributed by atoms with Gasteiger partial charge >= 0.3 is 5.97 Å². The highest BCUT2D eigenvalue weighted by Gasteiger charge is 2.41. The minimum absolute atomic E-state index is 0.0882. The van der Waals surface area contributed by atoms with Gasteiger partial charge in [0.25, 0.3) is 0 Å². The summed E-state index contributed by atoms with van der Waals surface area (Å²) in [5.74, 6) is -1.33. The second kappa shape index (κ2) is 5.48. The molecule has 0 heterocycles. The number of nitrogens with two attached hydrogens (primary N) is 1. The molecule has 0 aliphatic carbocycles. The van der Waals surface area contributed by atoms with Crippen LogP contribution in [-0.4, -0.2) is 41.0 Å². The Morgan fingerprint density at radius 2 is 2.50 bits per heavy atom. The zero-order valence-electron chi connectivity index (χ0n) is 7.45. The number of hydrogen-bond donors (Lipinski definition) is 2. The number of carbonyl (C=O) groups excluding carboxylic acids is 1. The van der Waals surface area contributed by atoms with Gasteiger partial charge in [-0.25, -0.2) is 4.79 Å². The number of hydrogen-bond acceptors (Lipinski definition) is 5. The maximum atomic E-state index is 10.7. The van der Waals surface area contributed by atoms with Crippen LogP contribution in [0, 0.1) is 0 Å². The molecule has 14 heavy (non-hydrogen) atoms. The fourth-order valence-electron chi connectivity index (χ4n) is 0.758. The van der Waals surface area contributed by atoms with Crippen molar-refractivity contribution in [2.75, 3.05) is 12.0 Å². The molecule has 0 spiro atoms. The topological polar surface area (TPSA) is 129 Å². The highest BCUT2D eigenvalue weighted by atomic mass is 32.2. The van der Waals surface area contributed by atoms with Gasteiger partial charge in [0.15, 0.2) is 11.8 Å². The maximum absolute atomic E-state index is 10.7. The van der Waals surface area contributed by atoms with Gasteiger partial charge in [0.05, 0.1) is 6.04 Å². The standard InChI is InChI=1S/C6H10N4O3S/c1-14-2-4(9-10-8)6(7,3-11)5(12)13/h3-4H,2,7H2,1H3,(H,12,13). The Morgan fingerprint density at radius 3 is 2.79 bits per heavy atom. The number of carboxylic acids is 1. The molecule has 2 atom stereocenters. The number of azide groups is 1. The third kappa shape index (κ3) is 2.63. The van der Waals surface area contributed by atoms with E-state index < -0.39 is 17.6 Å². The molecule has 0 aliphatic heterocycles. The predicted molar refractivity (Wildman–Crippen MR) is 51.9 cm³/mol. The number of aldehydes is 1. The first kappa shape index (κ1) is 12.8. The van der Waals surface area contributed by atoms with Crippen LogP contribution in [0.1, 0.15) is 0 Å². The van der Waals surface area contributed by atoms with Crippen molar-refractivity contribution in [2.45, 2.75) is 11.6 Å². The molecule has 0 rings (SSSR count). The van der Waals surface area contributed by atoms with E-state index in [0.717, 1.165) is 0 Å². The fourth-order valence-corrected chi connectivity index (χ4v) is 1.42. The van der Waals surface area contributed by atoms with Gasteiger partial charge in [0.2, 0.25) is 0 Å². The predicted octanol–water partition coefficient (Wildman–Crippen LogP) is 0.00930. The van der Waals surface area contributed by atoms with Crippen LogP contribution in [0.3, 0.4) is 0 Å². The minimum atomic E-state index is -2.14. The van der Waals surface area contributed by atoms with Crippen LogP contribution in [0.15, 0.2) is 5.11 Å². The second-order valence-corrected chi connectivity index (χ2v) is 3.44. The molecule has 7 nitrogen and oxygen atoms in total. The molecule has 0 radical (unpaired) electrons. The molecule has 3 N–H and O–H groups in total. The molecular weight excluding hydrogens is 208 g/mol. The number of nitrogens with zero attached hydrogens (tertiary/aromatic N) is 3. The van der Waals surface area contributed by atoms with E-state index in [2.05, 4.69) is 10.0 Å². The summed E-state index contributed by atoms with van der Waals surface area (Å²) in [6.45, 7) is 0. The van der Waals surface area contributed by atoms with E-state index in [0.29, 0.717) is 0 Å². The molecule has 0 fully saturated rings. The average Bonchev–Trinajstić information content (AvgIpc) is 2.16. The summed E-state index contributed by atoms with van der Waals surface area (Å²) in [6, 6.07) is -1.09. The van der Waals surface area contributed by atoms with Crippen molar-refractivity contribution in [1.82, 2.24) is 0 Å². The first-order valence-corrected chi connectivity index (χ1v) is 4.94. The molecule has 0 aromatic heterocycles. The van der Waals surface area contributed by atoms with Gasteiger partial charge in [-0.2, -0.15) is 11.8 Å². The first-order chi connectivity index (χ1) is 6.52. The van der Waals surface area contributed by atoms with E-state index >= 15 is 0 Å². The summed E-state index contributed by atoms with van der Waals surface area (Å²) in [5, 5.41) is 11.9. The van der Waals surface area contributed by atoms with Crippen molar-refractivity contribution >= 4 is 24.0 Å². The molecule has 2 unspecified atom stereocenters. The zero-order chi connectivity index (χ0) is 11.2. The van der Waals surface area contributed by atoms with Gasteiger partial charge in [0, 0.05) is 10.7 Å². The Hall–Kier alpha value is -1.24. The number of thioether (sulfide) groups is 1. The van der Waals surface area contributed by atoms with Gasteiger partial charge in [-0.1, -0.05) is 5.11 Å². The zero-order valence-corrected chi connectivity index (χ0v) is 8.27. The van der Waals surface area contributed by atoms with E-state index in [9.17, 15) is 9.59 Å². The number of aliphatic carboxylic acids is 1. The summed E-state index contributed by atoms with van der Waals surface area (Å²) in [4.78, 5) is 23.7. The number of carbonyl (C=O) groups is 2. The molecule has 78 valence electrons. The molecule has 0 amide bonds. The van der Waals surface area contributed by atoms with Crippen molar-refractivity contribution < 1.29 is 14.7 Å². The average molecular weight is 218 g/mol. The van der Waals surface area contributed by atoms with Crippen LogP contribution in [0.25, 0.3) is 10.4 Å². The molecule has 8 heteroatoms. The summed E-state index contributed by atoms with van der Waals surface area (Å²) in [7, 11) is 0. The summed E-state index contributed by atoms with van der Waals surface area (Å²) in [6.07, 6.45) is 1.78. The molecule has 0 aliphatic rings. The van der Waals surface area contributed by atoms with E-state index in [1.165, 1.54) is 11.8 Å². The molecule has 0 saturated heterocycles. The van der Waals surface area contributed by atoms with Crippen LogP contribution >= 0.6 is 11.8 Å². The highest BCUT2D eigenvalue weighted by molar-refractivity contribution is 7.98. The van der Waals surface area contributed by atoms with Crippen LogP contribution in [-0.2, 0) is 9.59 Å². The Morgan fingerprint density at radius 1 is 1.93 bits per heavy atom. The Balaban J connectivity index is 5.01. The molecule has 0 aromatic rings. The summed E-state index contributed by atoms with van der Waals surface area (Å²) in [5.41, 5.74) is 11.4. The van der Waals surface area contributed by atoms with Crippen molar-refractivity contribution in [3.05, 3.63) is 10.4 Å². The molecule has 0 saturated carbocycles. The largest absolute Gasteiger partial charge is 0.480 e. The fraction of sp³-hybridized carbons (Fsp3) is 0.667. The van der Waals surface area contributed by atoms with Gasteiger partial charge in [0.1, 0.15) is 0 Å². The van der Waals surface area contributed by atoms with Crippen molar-refractivity contribution in [2.24, 2.45) is 10.8 Å². The number of rotatable bonds is 6. The third-order valence-corrected chi connectivity index (χ3v) is 2.28. The Labute approximate surface area is 84.3 Å². The van der Waals surface area contributed by atoms with Gasteiger partial charge in [-0.3, -0.25) is 0 Å². The van der Waals surface area contributed by atoms with Gasteiger partial charge in [-0.05, 0) is 11.8 Å². The van der Waals surface area contributed by atoms with Crippen molar-refractivity contribution in [1.29, 1.82) is 0 Å². The monoisotopic (exact) mass is 218 g/mol. The van der Waals surface area contributed by atoms with Crippen LogP contribution < -0.4 is 5.73 Å². The number of carboxylic acid groups (broad SMARTS) is 1. The van der Waals surface area contributed by atoms with Gasteiger partial charge < -0.3 is 15.6 Å². The van der Waals surface area contributed by atoms with Gasteiger partial charge in [-0.15, -0.1) is 0 Å². The molecule has 0 aromatic carbocycles. The normalized spacial score (nSPS) is 16.1. The van der Waals surface area contributed by atoms with E-state index in [4.69, 9.17) is 16.4 Å². The first-order valence-electron chi connectivity index (χ1n) is 3.54. The third-order valence-electron chi connectivity index (χ3n) is 1.63. The summed E-state index contributed by atoms with van der Waals surface area (Å²) < 4.78 is 0. The van der Waals surface area contributed by atoms with Crippen LogP contribution in [0.4, 0.5) is 0 Å². The van der Waals surface area contributed by atoms with E-state index in [1.54, 1.807) is 6.26 Å². The lowest BCUT2D eigenvalue weighted by atomic mass is 9.95. The summed E-state index contributed by atoms with van der Waals surface area (Å²) >= 11 is 1.24. The van der Waals surface area contributed by atoms with Crippen LogP contribution in [0.2, 0.25) is 0 Å². The lowest BCUT2D eigenvalue weighted by molar-refractivity contribution is -0.145. The van der Waals surface area contributed by atoms with Crippen molar-refractivity contribution in [3.8, 4) is 0 Å². The van der Waals surface area contributed by atoms with E-state index in [-0.39, 0.29) is 12.0 Å². The Kier molecular flexibility index (Phi) is 5.00. The van der Waals surface area contributed by atoms with E-state index in [1.807, 2.05) is 0 Å². The van der Waals surface area contributed by atoms with Crippen molar-refractivity contribution in [3.63, 3.8) is 0 Å². The Bertz CT molecular complexity index is 278. The second-order valence-electron chi connectivity index (χ2n) is 2.53. The maximum Gasteiger partial charge on any atom is 0.331 e. The molecule has 0 bridgehead atoms. The lowest BCUT2D eigenvalue weighted by Crippen LogP contribution is -2.58. The SMILES string of the molecule is CSCC(N=[N+]=[N-])C(N)(C=O)C(=O)O. The smallest absolute Gasteiger partial charge is 0.331 e. The molecular formula is C6H10N4O3S. The minimum Gasteiger partial charge on any atom is -0.480 e. The van der Waals surface area contributed by atoms with Crippen LogP contribution in [0.5, 0.6) is 0 Å².